The van der Waals surface area contributed by atoms with Gasteiger partial charge in [0.1, 0.15) is 6.61 Å². The molecule has 2 aliphatic heterocycles. The van der Waals surface area contributed by atoms with E-state index in [0.29, 0.717) is 32.2 Å². The number of ether oxygens (including phenoxy) is 2. The summed E-state index contributed by atoms with van der Waals surface area (Å²) in [5, 5.41) is 0. The highest BCUT2D eigenvalue weighted by atomic mass is 16.5. The smallest absolute Gasteiger partial charge is 0.248 e. The quantitative estimate of drug-likeness (QED) is 0.508. The molecule has 1 spiro atoms. The van der Waals surface area contributed by atoms with Crippen LogP contribution < -0.4 is 0 Å². The normalized spacial score (nSPS) is 24.2. The van der Waals surface area contributed by atoms with Gasteiger partial charge in [0.2, 0.25) is 11.8 Å². The van der Waals surface area contributed by atoms with Crippen molar-refractivity contribution in [1.82, 2.24) is 9.80 Å². The molecular weight excluding hydrogens is 380 g/mol. The molecule has 1 aromatic rings. The number of hydrogen-bond donors (Lipinski definition) is 0. The molecule has 2 amide bonds. The van der Waals surface area contributed by atoms with Gasteiger partial charge in [0.15, 0.2) is 0 Å². The zero-order chi connectivity index (χ0) is 21.0. The molecule has 1 saturated carbocycles. The minimum absolute atomic E-state index is 0.0304. The van der Waals surface area contributed by atoms with Gasteiger partial charge in [-0.05, 0) is 31.2 Å². The van der Waals surface area contributed by atoms with E-state index in [1.54, 1.807) is 7.11 Å². The Bertz CT molecular complexity index is 724. The standard InChI is InChI=1S/C24H34N2O4/c1-29-16-17-30-18-21(27)25-14-10-20(11-15-25)26-22(19-8-4-2-5-9-19)24(23(26)28)12-6-3-7-13-24/h2,4-5,8-9,20,22H,3,6-7,10-18H2,1H3. The highest BCUT2D eigenvalue weighted by Crippen LogP contribution is 2.59. The van der Waals surface area contributed by atoms with Crippen LogP contribution in [0.5, 0.6) is 0 Å². The van der Waals surface area contributed by atoms with Gasteiger partial charge in [0.25, 0.3) is 0 Å². The number of likely N-dealkylation sites (tertiary alicyclic amines) is 2. The fraction of sp³-hybridized carbons (Fsp3) is 0.667. The molecule has 6 nitrogen and oxygen atoms in total. The summed E-state index contributed by atoms with van der Waals surface area (Å²) in [6.07, 6.45) is 7.25. The van der Waals surface area contributed by atoms with Crippen LogP contribution in [0.1, 0.15) is 56.6 Å². The Kier molecular flexibility index (Phi) is 6.74. The van der Waals surface area contributed by atoms with E-state index >= 15 is 0 Å². The Morgan fingerprint density at radius 2 is 1.77 bits per heavy atom. The average Bonchev–Trinajstić information content (AvgIpc) is 2.81. The van der Waals surface area contributed by atoms with Crippen molar-refractivity contribution in [3.05, 3.63) is 35.9 Å². The van der Waals surface area contributed by atoms with E-state index in [0.717, 1.165) is 38.5 Å². The molecule has 4 rings (SSSR count). The van der Waals surface area contributed by atoms with Crippen LogP contribution in [0.3, 0.4) is 0 Å². The Hall–Kier alpha value is -1.92. The molecule has 2 heterocycles. The third-order valence-corrected chi connectivity index (χ3v) is 7.19. The van der Waals surface area contributed by atoms with Gasteiger partial charge < -0.3 is 19.3 Å². The Morgan fingerprint density at radius 3 is 2.43 bits per heavy atom. The number of hydrogen-bond acceptors (Lipinski definition) is 4. The fourth-order valence-corrected chi connectivity index (χ4v) is 5.64. The van der Waals surface area contributed by atoms with Crippen LogP contribution in [0.2, 0.25) is 0 Å². The summed E-state index contributed by atoms with van der Waals surface area (Å²) >= 11 is 0. The molecule has 0 aromatic heterocycles. The predicted molar refractivity (Wildman–Crippen MR) is 114 cm³/mol. The SMILES string of the molecule is COCCOCC(=O)N1CCC(N2C(=O)C3(CCCCC3)C2c2ccccc2)CC1. The van der Waals surface area contributed by atoms with Crippen molar-refractivity contribution in [2.24, 2.45) is 5.41 Å². The first-order valence-corrected chi connectivity index (χ1v) is 11.4. The number of rotatable bonds is 7. The topological polar surface area (TPSA) is 59.1 Å². The average molecular weight is 415 g/mol. The van der Waals surface area contributed by atoms with E-state index in [9.17, 15) is 9.59 Å². The van der Waals surface area contributed by atoms with Crippen molar-refractivity contribution in [2.75, 3.05) is 40.0 Å². The molecule has 164 valence electrons. The maximum atomic E-state index is 13.5. The van der Waals surface area contributed by atoms with Crippen LogP contribution in [0, 0.1) is 5.41 Å². The van der Waals surface area contributed by atoms with E-state index in [1.165, 1.54) is 12.0 Å². The number of nitrogens with zero attached hydrogens (tertiary/aromatic N) is 2. The van der Waals surface area contributed by atoms with Gasteiger partial charge in [0, 0.05) is 26.2 Å². The lowest BCUT2D eigenvalue weighted by atomic mass is 9.59. The summed E-state index contributed by atoms with van der Waals surface area (Å²) < 4.78 is 10.3. The molecule has 6 heteroatoms. The van der Waals surface area contributed by atoms with Crippen LogP contribution in [-0.2, 0) is 19.1 Å². The summed E-state index contributed by atoms with van der Waals surface area (Å²) in [6.45, 7) is 2.41. The first-order valence-electron chi connectivity index (χ1n) is 11.4. The molecule has 1 aliphatic carbocycles. The summed E-state index contributed by atoms with van der Waals surface area (Å²) in [5.74, 6) is 0.381. The largest absolute Gasteiger partial charge is 0.382 e. The maximum Gasteiger partial charge on any atom is 0.248 e. The molecule has 3 aliphatic rings. The molecule has 3 fully saturated rings. The van der Waals surface area contributed by atoms with Crippen molar-refractivity contribution in [1.29, 1.82) is 0 Å². The van der Waals surface area contributed by atoms with Gasteiger partial charge in [-0.2, -0.15) is 0 Å². The number of piperidine rings is 1. The van der Waals surface area contributed by atoms with Gasteiger partial charge in [-0.25, -0.2) is 0 Å². The van der Waals surface area contributed by atoms with Crippen molar-refractivity contribution < 1.29 is 19.1 Å². The first-order chi connectivity index (χ1) is 14.7. The number of carbonyl (C=O) groups is 2. The molecule has 0 N–H and O–H groups in total. The van der Waals surface area contributed by atoms with Crippen molar-refractivity contribution in [3.8, 4) is 0 Å². The predicted octanol–water partition coefficient (Wildman–Crippen LogP) is 3.17. The molecule has 0 radical (unpaired) electrons. The fourth-order valence-electron chi connectivity index (χ4n) is 5.64. The lowest BCUT2D eigenvalue weighted by molar-refractivity contribution is -0.187. The first kappa shape index (κ1) is 21.3. The van der Waals surface area contributed by atoms with Crippen molar-refractivity contribution >= 4 is 11.8 Å². The number of methoxy groups -OCH3 is 1. The number of amides is 2. The maximum absolute atomic E-state index is 13.5. The minimum atomic E-state index is -0.193. The van der Waals surface area contributed by atoms with E-state index in [1.807, 2.05) is 11.0 Å². The summed E-state index contributed by atoms with van der Waals surface area (Å²) in [6, 6.07) is 11.0. The Morgan fingerprint density at radius 1 is 1.07 bits per heavy atom. The van der Waals surface area contributed by atoms with Crippen molar-refractivity contribution in [2.45, 2.75) is 57.0 Å². The van der Waals surface area contributed by atoms with Crippen LogP contribution in [0.25, 0.3) is 0 Å². The van der Waals surface area contributed by atoms with Crippen molar-refractivity contribution in [3.63, 3.8) is 0 Å². The molecule has 30 heavy (non-hydrogen) atoms. The third kappa shape index (κ3) is 4.00. The van der Waals surface area contributed by atoms with Gasteiger partial charge in [-0.1, -0.05) is 49.6 Å². The molecular formula is C24H34N2O4. The molecule has 1 aromatic carbocycles. The third-order valence-electron chi connectivity index (χ3n) is 7.19. The van der Waals surface area contributed by atoms with Gasteiger partial charge in [0.05, 0.1) is 24.7 Å². The second-order valence-corrected chi connectivity index (χ2v) is 8.90. The molecule has 2 saturated heterocycles. The van der Waals surface area contributed by atoms with Crippen LogP contribution in [-0.4, -0.2) is 67.7 Å². The Balaban J connectivity index is 1.40. The second-order valence-electron chi connectivity index (χ2n) is 8.90. The lowest BCUT2D eigenvalue weighted by Crippen LogP contribution is -2.67. The summed E-state index contributed by atoms with van der Waals surface area (Å²) in [4.78, 5) is 29.9. The van der Waals surface area contributed by atoms with Gasteiger partial charge >= 0.3 is 0 Å². The number of benzene rings is 1. The minimum Gasteiger partial charge on any atom is -0.382 e. The monoisotopic (exact) mass is 414 g/mol. The highest BCUT2D eigenvalue weighted by Gasteiger charge is 2.62. The van der Waals surface area contributed by atoms with Crippen LogP contribution in [0.4, 0.5) is 0 Å². The zero-order valence-corrected chi connectivity index (χ0v) is 18.1. The van der Waals surface area contributed by atoms with E-state index in [2.05, 4.69) is 29.2 Å². The number of carbonyl (C=O) groups excluding carboxylic acids is 2. The summed E-state index contributed by atoms with van der Waals surface area (Å²) in [5.41, 5.74) is 1.07. The lowest BCUT2D eigenvalue weighted by Gasteiger charge is -2.61. The summed E-state index contributed by atoms with van der Waals surface area (Å²) in [7, 11) is 1.62. The molecule has 1 unspecified atom stereocenters. The highest BCUT2D eigenvalue weighted by molar-refractivity contribution is 5.91. The number of β-lactam (4-membered cyclic amide) rings is 1. The van der Waals surface area contributed by atoms with E-state index in [-0.39, 0.29) is 30.0 Å². The molecule has 1 atom stereocenters. The van der Waals surface area contributed by atoms with Gasteiger partial charge in [-0.3, -0.25) is 9.59 Å². The molecule has 0 bridgehead atoms. The zero-order valence-electron chi connectivity index (χ0n) is 18.1. The van der Waals surface area contributed by atoms with Crippen LogP contribution >= 0.6 is 0 Å². The Labute approximate surface area is 179 Å². The van der Waals surface area contributed by atoms with E-state index < -0.39 is 0 Å². The van der Waals surface area contributed by atoms with E-state index in [4.69, 9.17) is 9.47 Å². The van der Waals surface area contributed by atoms with Crippen LogP contribution in [0.15, 0.2) is 30.3 Å². The van der Waals surface area contributed by atoms with Gasteiger partial charge in [-0.15, -0.1) is 0 Å². The second kappa shape index (κ2) is 9.48.